The van der Waals surface area contributed by atoms with Crippen molar-refractivity contribution in [3.05, 3.63) is 84.1 Å². The van der Waals surface area contributed by atoms with Gasteiger partial charge in [-0.2, -0.15) is 4.31 Å². The Morgan fingerprint density at radius 2 is 1.75 bits per heavy atom. The zero-order valence-corrected chi connectivity index (χ0v) is 23.3. The van der Waals surface area contributed by atoms with E-state index in [4.69, 9.17) is 4.74 Å². The van der Waals surface area contributed by atoms with E-state index >= 15 is 0 Å². The summed E-state index contributed by atoms with van der Waals surface area (Å²) in [6.07, 6.45) is 4.03. The Bertz CT molecular complexity index is 1610. The monoisotopic (exact) mass is 560 g/mol. The minimum atomic E-state index is -3.63. The van der Waals surface area contributed by atoms with Crippen LogP contribution in [0, 0.1) is 0 Å². The number of hydrogen-bond acceptors (Lipinski definition) is 6. The first-order valence-corrected chi connectivity index (χ1v) is 14.8. The summed E-state index contributed by atoms with van der Waals surface area (Å²) in [5.74, 6) is 0.867. The van der Waals surface area contributed by atoms with E-state index in [0.29, 0.717) is 48.7 Å². The van der Waals surface area contributed by atoms with Crippen molar-refractivity contribution in [2.24, 2.45) is 0 Å². The molecule has 0 unspecified atom stereocenters. The summed E-state index contributed by atoms with van der Waals surface area (Å²) in [5.41, 5.74) is 2.15. The Morgan fingerprint density at radius 3 is 2.40 bits per heavy atom. The fourth-order valence-electron chi connectivity index (χ4n) is 5.10. The number of nitrogens with zero attached hydrogens (tertiary/aromatic N) is 3. The molecular formula is C30H32N4O5S. The Morgan fingerprint density at radius 1 is 1.05 bits per heavy atom. The van der Waals surface area contributed by atoms with Gasteiger partial charge in [-0.25, -0.2) is 13.4 Å². The second-order valence-corrected chi connectivity index (χ2v) is 12.0. The topological polar surface area (TPSA) is 111 Å². The van der Waals surface area contributed by atoms with Crippen LogP contribution in [0.5, 0.6) is 5.75 Å². The molecule has 4 aromatic rings. The van der Waals surface area contributed by atoms with Gasteiger partial charge in [-0.15, -0.1) is 0 Å². The van der Waals surface area contributed by atoms with E-state index in [2.05, 4.69) is 10.3 Å². The minimum Gasteiger partial charge on any atom is -0.491 e. The van der Waals surface area contributed by atoms with E-state index in [1.165, 1.54) is 4.31 Å². The molecule has 2 aromatic carbocycles. The van der Waals surface area contributed by atoms with Gasteiger partial charge in [-0.1, -0.05) is 18.2 Å². The van der Waals surface area contributed by atoms with Crippen LogP contribution in [-0.4, -0.2) is 53.7 Å². The van der Waals surface area contributed by atoms with Crippen molar-refractivity contribution in [2.75, 3.05) is 18.4 Å². The number of anilines is 1. The van der Waals surface area contributed by atoms with Crippen molar-refractivity contribution in [1.29, 1.82) is 0 Å². The number of fused-ring (bicyclic) bond motifs is 1. The highest BCUT2D eigenvalue weighted by atomic mass is 32.2. The predicted octanol–water partition coefficient (Wildman–Crippen LogP) is 4.84. The molecule has 0 bridgehead atoms. The van der Waals surface area contributed by atoms with Crippen molar-refractivity contribution in [2.45, 2.75) is 50.2 Å². The van der Waals surface area contributed by atoms with Gasteiger partial charge in [0.2, 0.25) is 10.0 Å². The Labute approximate surface area is 233 Å². The van der Waals surface area contributed by atoms with Crippen LogP contribution in [0.2, 0.25) is 0 Å². The molecule has 0 radical (unpaired) electrons. The third kappa shape index (κ3) is 5.78. The number of hydrogen-bond donors (Lipinski definition) is 1. The lowest BCUT2D eigenvalue weighted by molar-refractivity contribution is -0.108. The second kappa shape index (κ2) is 11.6. The largest absolute Gasteiger partial charge is 0.491 e. The summed E-state index contributed by atoms with van der Waals surface area (Å²) in [7, 11) is -3.63. The molecule has 208 valence electrons. The number of pyridine rings is 1. The van der Waals surface area contributed by atoms with Crippen LogP contribution in [0.4, 0.5) is 5.82 Å². The lowest BCUT2D eigenvalue weighted by Crippen LogP contribution is -2.37. The number of aromatic nitrogens is 2. The van der Waals surface area contributed by atoms with Gasteiger partial charge in [0.05, 0.1) is 17.5 Å². The molecule has 40 heavy (non-hydrogen) atoms. The van der Waals surface area contributed by atoms with Crippen molar-refractivity contribution >= 4 is 39.1 Å². The van der Waals surface area contributed by atoms with Crippen LogP contribution in [0.3, 0.4) is 0 Å². The number of benzene rings is 2. The van der Waals surface area contributed by atoms with E-state index < -0.39 is 10.0 Å². The maximum absolute atomic E-state index is 13.3. The van der Waals surface area contributed by atoms with Crippen molar-refractivity contribution < 1.29 is 22.7 Å². The summed E-state index contributed by atoms with van der Waals surface area (Å²) in [6.45, 7) is 4.74. The molecule has 1 N–H and O–H groups in total. The number of ether oxygens (including phenoxy) is 1. The van der Waals surface area contributed by atoms with E-state index in [9.17, 15) is 18.0 Å². The molecule has 0 saturated carbocycles. The summed E-state index contributed by atoms with van der Waals surface area (Å²) in [4.78, 5) is 28.9. The number of amides is 1. The molecule has 10 heteroatoms. The fourth-order valence-corrected chi connectivity index (χ4v) is 6.57. The first kappa shape index (κ1) is 27.5. The quantitative estimate of drug-likeness (QED) is 0.293. The predicted molar refractivity (Wildman–Crippen MR) is 153 cm³/mol. The zero-order valence-electron chi connectivity index (χ0n) is 22.5. The number of sulfonamides is 1. The molecule has 3 heterocycles. The normalized spacial score (nSPS) is 14.9. The highest BCUT2D eigenvalue weighted by Gasteiger charge is 2.31. The minimum absolute atomic E-state index is 0.00814. The smallest absolute Gasteiger partial charge is 0.256 e. The number of piperidine rings is 1. The number of carbonyl (C=O) groups is 2. The fraction of sp³-hybridized carbons (Fsp3) is 0.300. The van der Waals surface area contributed by atoms with Crippen LogP contribution in [0.15, 0.2) is 77.8 Å². The average molecular weight is 561 g/mol. The van der Waals surface area contributed by atoms with E-state index in [1.807, 2.05) is 32.2 Å². The van der Waals surface area contributed by atoms with Crippen molar-refractivity contribution in [3.63, 3.8) is 0 Å². The van der Waals surface area contributed by atoms with Crippen LogP contribution in [-0.2, 0) is 21.4 Å². The molecule has 0 atom stereocenters. The molecule has 5 rings (SSSR count). The summed E-state index contributed by atoms with van der Waals surface area (Å²) in [6, 6.07) is 19.1. The Balaban J connectivity index is 1.32. The van der Waals surface area contributed by atoms with Gasteiger partial charge in [0.25, 0.3) is 5.91 Å². The van der Waals surface area contributed by atoms with E-state index in [1.54, 1.807) is 59.2 Å². The number of rotatable bonds is 9. The third-order valence-corrected chi connectivity index (χ3v) is 8.94. The maximum Gasteiger partial charge on any atom is 0.256 e. The first-order chi connectivity index (χ1) is 19.3. The highest BCUT2D eigenvalue weighted by Crippen LogP contribution is 2.36. The molecule has 9 nitrogen and oxygen atoms in total. The Kier molecular flexibility index (Phi) is 7.99. The Hall–Kier alpha value is -4.02. The molecule has 1 amide bonds. The zero-order chi connectivity index (χ0) is 28.3. The summed E-state index contributed by atoms with van der Waals surface area (Å²) in [5, 5.41) is 3.72. The highest BCUT2D eigenvalue weighted by molar-refractivity contribution is 7.89. The van der Waals surface area contributed by atoms with Gasteiger partial charge in [-0.05, 0) is 86.7 Å². The van der Waals surface area contributed by atoms with Gasteiger partial charge in [0.15, 0.2) is 0 Å². The van der Waals surface area contributed by atoms with Crippen LogP contribution >= 0.6 is 0 Å². The molecule has 1 fully saturated rings. The number of nitrogens with one attached hydrogen (secondary N) is 1. The van der Waals surface area contributed by atoms with Crippen molar-refractivity contribution in [1.82, 2.24) is 13.9 Å². The van der Waals surface area contributed by atoms with Gasteiger partial charge < -0.3 is 19.4 Å². The second-order valence-electron chi connectivity index (χ2n) is 10.1. The van der Waals surface area contributed by atoms with Gasteiger partial charge in [0, 0.05) is 30.2 Å². The van der Waals surface area contributed by atoms with E-state index in [0.717, 1.165) is 17.2 Å². The van der Waals surface area contributed by atoms with Gasteiger partial charge in [0.1, 0.15) is 23.5 Å². The molecule has 1 saturated heterocycles. The molecule has 1 aliphatic rings. The van der Waals surface area contributed by atoms with Crippen LogP contribution < -0.4 is 10.1 Å². The number of carbonyl (C=O) groups excluding carboxylic acids is 2. The lowest BCUT2D eigenvalue weighted by Gasteiger charge is -2.31. The molecule has 0 spiro atoms. The molecule has 1 aliphatic heterocycles. The van der Waals surface area contributed by atoms with Crippen LogP contribution in [0.1, 0.15) is 48.5 Å². The van der Waals surface area contributed by atoms with Gasteiger partial charge >= 0.3 is 0 Å². The SMILES string of the molecule is CC(C)Oc1ccc(S(=O)(=O)N2CCC(c3cn(CC=O)c4nc(NC(=O)c5ccccc5)ccc34)CC2)cc1. The van der Waals surface area contributed by atoms with Gasteiger partial charge in [-0.3, -0.25) is 4.79 Å². The first-order valence-electron chi connectivity index (χ1n) is 13.3. The molecule has 2 aromatic heterocycles. The maximum atomic E-state index is 13.3. The third-order valence-electron chi connectivity index (χ3n) is 7.03. The summed E-state index contributed by atoms with van der Waals surface area (Å²) < 4.78 is 35.5. The van der Waals surface area contributed by atoms with Crippen molar-refractivity contribution in [3.8, 4) is 5.75 Å². The average Bonchev–Trinajstić information content (AvgIpc) is 3.31. The lowest BCUT2D eigenvalue weighted by atomic mass is 9.90. The van der Waals surface area contributed by atoms with E-state index in [-0.39, 0.29) is 29.4 Å². The number of aldehydes is 1. The standard InChI is InChI=1S/C30H32N4O5S/c1-21(2)39-24-8-10-25(11-9-24)40(37,38)34-16-14-22(15-17-34)27-20-33(18-19-35)29-26(27)12-13-28(31-29)32-30(36)23-6-4-3-5-7-23/h3-13,19-22H,14-18H2,1-2H3,(H,31,32,36). The van der Waals surface area contributed by atoms with Crippen LogP contribution in [0.25, 0.3) is 11.0 Å². The molecule has 0 aliphatic carbocycles. The summed E-state index contributed by atoms with van der Waals surface area (Å²) >= 11 is 0. The molecular weight excluding hydrogens is 528 g/mol.